The molecule has 32 heavy (non-hydrogen) atoms. The van der Waals surface area contributed by atoms with Gasteiger partial charge < -0.3 is 0 Å². The topological polar surface area (TPSA) is 101 Å². The maximum absolute atomic E-state index is 12.9. The predicted molar refractivity (Wildman–Crippen MR) is 123 cm³/mol. The first-order chi connectivity index (χ1) is 15.3. The van der Waals surface area contributed by atoms with Crippen molar-refractivity contribution in [2.24, 2.45) is 5.92 Å². The lowest BCUT2D eigenvalue weighted by Gasteiger charge is -2.18. The second-order valence-corrected chi connectivity index (χ2v) is 9.55. The predicted octanol–water partition coefficient (Wildman–Crippen LogP) is 3.27. The smallest absolute Gasteiger partial charge is 0.261 e. The van der Waals surface area contributed by atoms with Gasteiger partial charge in [-0.3, -0.25) is 29.5 Å². The van der Waals surface area contributed by atoms with Crippen molar-refractivity contribution in [3.63, 3.8) is 0 Å². The van der Waals surface area contributed by atoms with E-state index < -0.39 is 5.25 Å². The number of imide groups is 1. The van der Waals surface area contributed by atoms with Crippen molar-refractivity contribution in [3.8, 4) is 0 Å². The summed E-state index contributed by atoms with van der Waals surface area (Å²) in [4.78, 5) is 55.1. The summed E-state index contributed by atoms with van der Waals surface area (Å²) in [5.74, 6) is 0.318. The van der Waals surface area contributed by atoms with Crippen LogP contribution >= 0.6 is 11.8 Å². The molecule has 0 radical (unpaired) electrons. The van der Waals surface area contributed by atoms with Crippen molar-refractivity contribution < 1.29 is 19.2 Å². The van der Waals surface area contributed by atoms with Crippen molar-refractivity contribution in [1.29, 1.82) is 0 Å². The fourth-order valence-electron chi connectivity index (χ4n) is 3.55. The number of benzene rings is 1. The van der Waals surface area contributed by atoms with Crippen LogP contribution in [0, 0.1) is 5.92 Å². The fourth-order valence-corrected chi connectivity index (χ4v) is 4.40. The summed E-state index contributed by atoms with van der Waals surface area (Å²) in [7, 11) is 0. The molecule has 9 heteroatoms. The van der Waals surface area contributed by atoms with Crippen LogP contribution in [0.3, 0.4) is 0 Å². The van der Waals surface area contributed by atoms with Gasteiger partial charge in [-0.15, -0.1) is 0 Å². The summed E-state index contributed by atoms with van der Waals surface area (Å²) in [5, 5.41) is -0.806. The van der Waals surface area contributed by atoms with E-state index in [4.69, 9.17) is 0 Å². The Hall–Kier alpha value is -2.94. The number of nitrogens with zero attached hydrogens (tertiary/aromatic N) is 3. The molecule has 1 N–H and O–H groups in total. The quantitative estimate of drug-likeness (QED) is 0.551. The van der Waals surface area contributed by atoms with E-state index in [0.29, 0.717) is 29.9 Å². The molecule has 0 saturated carbocycles. The zero-order valence-corrected chi connectivity index (χ0v) is 19.4. The van der Waals surface area contributed by atoms with Crippen LogP contribution in [0.2, 0.25) is 0 Å². The average Bonchev–Trinajstić information content (AvgIpc) is 3.29. The number of amides is 3. The van der Waals surface area contributed by atoms with Gasteiger partial charge in [-0.25, -0.2) is 9.66 Å². The molecule has 3 amide bonds. The summed E-state index contributed by atoms with van der Waals surface area (Å²) in [6.07, 6.45) is 5.74. The summed E-state index contributed by atoms with van der Waals surface area (Å²) < 4.78 is 1.60. The van der Waals surface area contributed by atoms with Crippen molar-refractivity contribution in [3.05, 3.63) is 53.6 Å². The molecule has 8 nitrogen and oxygen atoms in total. The van der Waals surface area contributed by atoms with Gasteiger partial charge in [0.1, 0.15) is 5.82 Å². The minimum atomic E-state index is -0.636. The van der Waals surface area contributed by atoms with Crippen LogP contribution in [0.4, 0.5) is 0 Å². The summed E-state index contributed by atoms with van der Waals surface area (Å²) in [5.41, 5.74) is 3.63. The van der Waals surface area contributed by atoms with E-state index in [0.717, 1.165) is 30.4 Å². The number of carbonyl (C=O) groups is 4. The molecule has 1 aliphatic rings. The minimum Gasteiger partial charge on any atom is -0.288 e. The largest absolute Gasteiger partial charge is 0.288 e. The second-order valence-electron chi connectivity index (χ2n) is 8.17. The van der Waals surface area contributed by atoms with Gasteiger partial charge in [0.05, 0.1) is 16.4 Å². The molecule has 1 aromatic heterocycles. The normalized spacial score (nSPS) is 14.1. The number of aromatic nitrogens is 2. The van der Waals surface area contributed by atoms with Crippen LogP contribution in [0.1, 0.15) is 66.6 Å². The third kappa shape index (κ3) is 5.64. The van der Waals surface area contributed by atoms with E-state index in [1.54, 1.807) is 41.3 Å². The second kappa shape index (κ2) is 10.6. The number of thioether (sulfide) groups is 1. The molecule has 0 aliphatic carbocycles. The third-order valence-corrected chi connectivity index (χ3v) is 6.29. The van der Waals surface area contributed by atoms with Crippen molar-refractivity contribution in [2.75, 3.05) is 12.0 Å². The summed E-state index contributed by atoms with van der Waals surface area (Å²) in [6.45, 7) is 5.86. The highest BCUT2D eigenvalue weighted by atomic mass is 32.2. The molecule has 2 aromatic rings. The number of rotatable bonds is 10. The first kappa shape index (κ1) is 23.7. The lowest BCUT2D eigenvalue weighted by molar-refractivity contribution is -0.117. The molecule has 2 heterocycles. The minimum absolute atomic E-state index is 0.170. The maximum atomic E-state index is 12.9. The molecule has 0 saturated heterocycles. The molecule has 1 atom stereocenters. The van der Waals surface area contributed by atoms with Crippen molar-refractivity contribution >= 4 is 34.6 Å². The highest BCUT2D eigenvalue weighted by Gasteiger charge is 2.35. The van der Waals surface area contributed by atoms with E-state index in [9.17, 15) is 19.2 Å². The van der Waals surface area contributed by atoms with E-state index >= 15 is 0 Å². The van der Waals surface area contributed by atoms with E-state index in [1.165, 1.54) is 11.8 Å². The Morgan fingerprint density at radius 2 is 1.75 bits per heavy atom. The standard InChI is InChI=1S/C23H28N4O4S/c1-15(2)10-11-20-24-12-14-27(20)25-21(29)19(32-16(3)28)9-6-13-26-22(30)17-7-4-5-8-18(17)23(26)31/h4-5,7-8,12,14-15,19H,6,9-11,13H2,1-3H3,(H,25,29). The van der Waals surface area contributed by atoms with Gasteiger partial charge >= 0.3 is 0 Å². The lowest BCUT2D eigenvalue weighted by atomic mass is 10.1. The zero-order chi connectivity index (χ0) is 23.3. The molecular formula is C23H28N4O4S. The number of aryl methyl sites for hydroxylation is 1. The fraction of sp³-hybridized carbons (Fsp3) is 0.435. The van der Waals surface area contributed by atoms with Gasteiger partial charge in [-0.2, -0.15) is 0 Å². The maximum Gasteiger partial charge on any atom is 0.261 e. The highest BCUT2D eigenvalue weighted by molar-refractivity contribution is 8.14. The SMILES string of the molecule is CC(=O)SC(CCCN1C(=O)c2ccccc2C1=O)C(=O)Nn1ccnc1CCC(C)C. The van der Waals surface area contributed by atoms with E-state index in [-0.39, 0.29) is 29.4 Å². The van der Waals surface area contributed by atoms with Gasteiger partial charge in [0.2, 0.25) is 0 Å². The molecule has 0 fully saturated rings. The first-order valence-corrected chi connectivity index (χ1v) is 11.6. The van der Waals surface area contributed by atoms with E-state index in [2.05, 4.69) is 24.3 Å². The number of nitrogens with one attached hydrogen (secondary N) is 1. The van der Waals surface area contributed by atoms with Gasteiger partial charge in [0.25, 0.3) is 17.7 Å². The van der Waals surface area contributed by atoms with Gasteiger partial charge in [0, 0.05) is 32.3 Å². The van der Waals surface area contributed by atoms with Crippen LogP contribution < -0.4 is 5.43 Å². The van der Waals surface area contributed by atoms with Crippen LogP contribution in [0.15, 0.2) is 36.7 Å². The Morgan fingerprint density at radius 1 is 1.09 bits per heavy atom. The number of hydrogen-bond acceptors (Lipinski definition) is 6. The monoisotopic (exact) mass is 456 g/mol. The molecule has 1 aliphatic heterocycles. The van der Waals surface area contributed by atoms with Crippen molar-refractivity contribution in [1.82, 2.24) is 14.6 Å². The average molecular weight is 457 g/mol. The number of fused-ring (bicyclic) bond motifs is 1. The molecule has 0 spiro atoms. The van der Waals surface area contributed by atoms with Gasteiger partial charge in [0.15, 0.2) is 5.12 Å². The lowest BCUT2D eigenvalue weighted by Crippen LogP contribution is -2.35. The Kier molecular flexibility index (Phi) is 7.84. The third-order valence-electron chi connectivity index (χ3n) is 5.22. The highest BCUT2D eigenvalue weighted by Crippen LogP contribution is 2.24. The molecule has 1 aromatic carbocycles. The summed E-state index contributed by atoms with van der Waals surface area (Å²) in [6, 6.07) is 6.73. The molecule has 170 valence electrons. The van der Waals surface area contributed by atoms with Crippen LogP contribution in [0.5, 0.6) is 0 Å². The first-order valence-electron chi connectivity index (χ1n) is 10.7. The van der Waals surface area contributed by atoms with E-state index in [1.807, 2.05) is 0 Å². The molecule has 0 bridgehead atoms. The van der Waals surface area contributed by atoms with Gasteiger partial charge in [-0.1, -0.05) is 37.7 Å². The Labute approximate surface area is 191 Å². The zero-order valence-electron chi connectivity index (χ0n) is 18.5. The van der Waals surface area contributed by atoms with Gasteiger partial charge in [-0.05, 0) is 37.3 Å². The molecule has 3 rings (SSSR count). The molecular weight excluding hydrogens is 428 g/mol. The Bertz CT molecular complexity index is 982. The van der Waals surface area contributed by atoms with Crippen LogP contribution in [0.25, 0.3) is 0 Å². The van der Waals surface area contributed by atoms with Crippen molar-refractivity contribution in [2.45, 2.75) is 51.7 Å². The number of hydrogen-bond donors (Lipinski definition) is 1. The number of imidazole rings is 1. The Morgan fingerprint density at radius 3 is 2.34 bits per heavy atom. The molecule has 1 unspecified atom stereocenters. The van der Waals surface area contributed by atoms with Crippen LogP contribution in [-0.2, 0) is 16.0 Å². The van der Waals surface area contributed by atoms with Crippen LogP contribution in [-0.4, -0.2) is 49.2 Å². The Balaban J connectivity index is 1.60. The number of carbonyl (C=O) groups excluding carboxylic acids is 4. The summed E-state index contributed by atoms with van der Waals surface area (Å²) >= 11 is 0.952.